The number of carbonyl (C=O) groups excluding carboxylic acids is 1. The summed E-state index contributed by atoms with van der Waals surface area (Å²) in [6.45, 7) is 0. The first-order chi connectivity index (χ1) is 6.11. The Bertz CT molecular complexity index is 217. The quantitative estimate of drug-likeness (QED) is 0.579. The summed E-state index contributed by atoms with van der Waals surface area (Å²) in [5.41, 5.74) is 5.16. The minimum absolute atomic E-state index is 0.288. The summed E-state index contributed by atoms with van der Waals surface area (Å²) in [7, 11) is 0. The van der Waals surface area contributed by atoms with E-state index in [0.29, 0.717) is 12.8 Å². The van der Waals surface area contributed by atoms with Crippen molar-refractivity contribution in [2.75, 3.05) is 0 Å². The van der Waals surface area contributed by atoms with Gasteiger partial charge in [-0.25, -0.2) is 4.79 Å². The van der Waals surface area contributed by atoms with Crippen LogP contribution in [0.25, 0.3) is 0 Å². The van der Waals surface area contributed by atoms with Crippen molar-refractivity contribution in [1.82, 2.24) is 5.32 Å². The van der Waals surface area contributed by atoms with Crippen molar-refractivity contribution in [3.05, 3.63) is 0 Å². The number of carboxylic acid groups (broad SMARTS) is 1. The molecule has 1 aliphatic rings. The third-order valence-corrected chi connectivity index (χ3v) is 2.44. The van der Waals surface area contributed by atoms with Crippen molar-refractivity contribution in [3.8, 4) is 0 Å². The Morgan fingerprint density at radius 1 is 1.31 bits per heavy atom. The molecule has 4 N–H and O–H groups in total. The second kappa shape index (κ2) is 4.11. The lowest BCUT2D eigenvalue weighted by molar-refractivity contribution is -0.123. The van der Waals surface area contributed by atoms with Crippen LogP contribution in [-0.4, -0.2) is 23.1 Å². The molecular weight excluding hydrogens is 172 g/mol. The molecule has 0 aromatic heterocycles. The van der Waals surface area contributed by atoms with E-state index in [1.807, 2.05) is 0 Å². The van der Waals surface area contributed by atoms with Gasteiger partial charge in [0.2, 0.25) is 5.91 Å². The van der Waals surface area contributed by atoms with Gasteiger partial charge >= 0.3 is 6.09 Å². The summed E-state index contributed by atoms with van der Waals surface area (Å²) in [5, 5.41) is 10.8. The predicted molar refractivity (Wildman–Crippen MR) is 46.1 cm³/mol. The Morgan fingerprint density at radius 3 is 2.46 bits per heavy atom. The lowest BCUT2D eigenvalue weighted by Crippen LogP contribution is -2.46. The highest BCUT2D eigenvalue weighted by Crippen LogP contribution is 2.23. The summed E-state index contributed by atoms with van der Waals surface area (Å²) in [6.07, 6.45) is 2.22. The number of nitrogens with one attached hydrogen (secondary N) is 1. The zero-order valence-corrected chi connectivity index (χ0v) is 7.32. The Hall–Kier alpha value is -1.26. The van der Waals surface area contributed by atoms with E-state index >= 15 is 0 Å². The molecule has 0 saturated heterocycles. The van der Waals surface area contributed by atoms with E-state index in [9.17, 15) is 9.59 Å². The number of primary amides is 1. The maximum atomic E-state index is 10.9. The van der Waals surface area contributed by atoms with Crippen LogP contribution in [0, 0.1) is 5.92 Å². The average Bonchev–Trinajstić information content (AvgIpc) is 2.03. The van der Waals surface area contributed by atoms with Gasteiger partial charge in [0.25, 0.3) is 0 Å². The highest BCUT2D eigenvalue weighted by molar-refractivity contribution is 5.78. The Kier molecular flexibility index (Phi) is 3.11. The molecule has 2 atom stereocenters. The fourth-order valence-electron chi connectivity index (χ4n) is 1.80. The van der Waals surface area contributed by atoms with Gasteiger partial charge in [0.1, 0.15) is 0 Å². The van der Waals surface area contributed by atoms with Crippen LogP contribution < -0.4 is 11.1 Å². The van der Waals surface area contributed by atoms with E-state index in [1.165, 1.54) is 0 Å². The average molecular weight is 186 g/mol. The highest BCUT2D eigenvalue weighted by atomic mass is 16.4. The third kappa shape index (κ3) is 2.61. The van der Waals surface area contributed by atoms with E-state index in [4.69, 9.17) is 10.8 Å². The van der Waals surface area contributed by atoms with Crippen LogP contribution in [0.4, 0.5) is 4.79 Å². The number of hydrogen-bond donors (Lipinski definition) is 3. The molecule has 1 fully saturated rings. The van der Waals surface area contributed by atoms with Crippen LogP contribution >= 0.6 is 0 Å². The standard InChI is InChI=1S/C8H14N2O3/c9-7(11)5-3-1-2-4-6(5)10-8(12)13/h5-6,10H,1-4H2,(H2,9,11)(H,12,13)/t5-,6-/m1/s1. The van der Waals surface area contributed by atoms with Gasteiger partial charge < -0.3 is 16.2 Å². The molecule has 1 aliphatic carbocycles. The number of rotatable bonds is 2. The second-order valence-corrected chi connectivity index (χ2v) is 3.35. The fraction of sp³-hybridized carbons (Fsp3) is 0.750. The molecule has 74 valence electrons. The van der Waals surface area contributed by atoms with E-state index in [0.717, 1.165) is 12.8 Å². The normalized spacial score (nSPS) is 28.0. The van der Waals surface area contributed by atoms with E-state index in [1.54, 1.807) is 0 Å². The number of carbonyl (C=O) groups is 2. The topological polar surface area (TPSA) is 92.4 Å². The van der Waals surface area contributed by atoms with Gasteiger partial charge in [0.15, 0.2) is 0 Å². The second-order valence-electron chi connectivity index (χ2n) is 3.35. The van der Waals surface area contributed by atoms with E-state index in [2.05, 4.69) is 5.32 Å². The van der Waals surface area contributed by atoms with Crippen molar-refractivity contribution < 1.29 is 14.7 Å². The first-order valence-corrected chi connectivity index (χ1v) is 4.40. The maximum Gasteiger partial charge on any atom is 0.404 e. The fourth-order valence-corrected chi connectivity index (χ4v) is 1.80. The van der Waals surface area contributed by atoms with Gasteiger partial charge in [-0.15, -0.1) is 0 Å². The molecular formula is C8H14N2O3. The summed E-state index contributed by atoms with van der Waals surface area (Å²) < 4.78 is 0. The Balaban J connectivity index is 2.56. The lowest BCUT2D eigenvalue weighted by atomic mass is 9.84. The number of nitrogens with two attached hydrogens (primary N) is 1. The highest BCUT2D eigenvalue weighted by Gasteiger charge is 2.30. The molecule has 0 aliphatic heterocycles. The number of hydrogen-bond acceptors (Lipinski definition) is 2. The number of amides is 2. The van der Waals surface area contributed by atoms with E-state index in [-0.39, 0.29) is 12.0 Å². The Labute approximate surface area is 76.3 Å². The first kappa shape index (κ1) is 9.83. The van der Waals surface area contributed by atoms with E-state index < -0.39 is 12.0 Å². The molecule has 0 aromatic carbocycles. The SMILES string of the molecule is NC(=O)[C@@H]1CCCC[C@H]1NC(=O)O. The molecule has 0 unspecified atom stereocenters. The van der Waals surface area contributed by atoms with Gasteiger partial charge in [0, 0.05) is 6.04 Å². The minimum Gasteiger partial charge on any atom is -0.465 e. The molecule has 2 amide bonds. The Morgan fingerprint density at radius 2 is 1.92 bits per heavy atom. The van der Waals surface area contributed by atoms with Gasteiger partial charge in [-0.2, -0.15) is 0 Å². The molecule has 0 bridgehead atoms. The summed E-state index contributed by atoms with van der Waals surface area (Å²) >= 11 is 0. The maximum absolute atomic E-state index is 10.9. The molecule has 1 rings (SSSR count). The summed E-state index contributed by atoms with van der Waals surface area (Å²) in [5.74, 6) is -0.733. The van der Waals surface area contributed by atoms with Crippen LogP contribution in [0.15, 0.2) is 0 Å². The van der Waals surface area contributed by atoms with Crippen molar-refractivity contribution in [2.45, 2.75) is 31.7 Å². The summed E-state index contributed by atoms with van der Waals surface area (Å²) in [4.78, 5) is 21.3. The van der Waals surface area contributed by atoms with Gasteiger partial charge in [-0.05, 0) is 12.8 Å². The predicted octanol–water partition coefficient (Wildman–Crippen LogP) is 0.298. The van der Waals surface area contributed by atoms with Crippen LogP contribution in [0.2, 0.25) is 0 Å². The third-order valence-electron chi connectivity index (χ3n) is 2.44. The zero-order chi connectivity index (χ0) is 9.84. The largest absolute Gasteiger partial charge is 0.465 e. The molecule has 5 nitrogen and oxygen atoms in total. The smallest absolute Gasteiger partial charge is 0.404 e. The molecule has 0 radical (unpaired) electrons. The zero-order valence-electron chi connectivity index (χ0n) is 7.32. The van der Waals surface area contributed by atoms with Crippen LogP contribution in [-0.2, 0) is 4.79 Å². The lowest BCUT2D eigenvalue weighted by Gasteiger charge is -2.28. The molecule has 0 aromatic rings. The first-order valence-electron chi connectivity index (χ1n) is 4.40. The molecule has 0 spiro atoms. The molecule has 0 heterocycles. The monoisotopic (exact) mass is 186 g/mol. The minimum atomic E-state index is -1.09. The van der Waals surface area contributed by atoms with Crippen LogP contribution in [0.1, 0.15) is 25.7 Å². The van der Waals surface area contributed by atoms with Crippen molar-refractivity contribution >= 4 is 12.0 Å². The van der Waals surface area contributed by atoms with Gasteiger partial charge in [-0.1, -0.05) is 12.8 Å². The van der Waals surface area contributed by atoms with Crippen LogP contribution in [0.5, 0.6) is 0 Å². The van der Waals surface area contributed by atoms with Crippen LogP contribution in [0.3, 0.4) is 0 Å². The van der Waals surface area contributed by atoms with Gasteiger partial charge in [0.05, 0.1) is 5.92 Å². The van der Waals surface area contributed by atoms with Crippen molar-refractivity contribution in [1.29, 1.82) is 0 Å². The van der Waals surface area contributed by atoms with Crippen molar-refractivity contribution in [3.63, 3.8) is 0 Å². The molecule has 1 saturated carbocycles. The molecule has 13 heavy (non-hydrogen) atoms. The molecule has 5 heteroatoms. The summed E-state index contributed by atoms with van der Waals surface area (Å²) in [6, 6.07) is -0.288. The van der Waals surface area contributed by atoms with Crippen molar-refractivity contribution in [2.24, 2.45) is 11.7 Å². The van der Waals surface area contributed by atoms with Gasteiger partial charge in [-0.3, -0.25) is 4.79 Å².